The number of pyridine rings is 1. The Labute approximate surface area is 95.0 Å². The number of carboxylic acids is 1. The third-order valence-electron chi connectivity index (χ3n) is 1.90. The molecule has 0 fully saturated rings. The quantitative estimate of drug-likeness (QED) is 0.841. The predicted molar refractivity (Wildman–Crippen MR) is 58.2 cm³/mol. The number of thiazole rings is 1. The molecule has 0 saturated heterocycles. The first kappa shape index (κ1) is 10.7. The number of aliphatic hydroxyl groups excluding tert-OH is 1. The lowest BCUT2D eigenvalue weighted by Crippen LogP contribution is -2.00. The Morgan fingerprint density at radius 2 is 2.19 bits per heavy atom. The predicted octanol–water partition coefficient (Wildman–Crippen LogP) is 1.40. The van der Waals surface area contributed by atoms with Crippen LogP contribution in [0.1, 0.15) is 16.2 Å². The van der Waals surface area contributed by atoms with Crippen LogP contribution in [0.3, 0.4) is 0 Å². The molecule has 5 nitrogen and oxygen atoms in total. The van der Waals surface area contributed by atoms with Crippen LogP contribution in [-0.2, 0) is 6.61 Å². The number of aromatic carboxylic acids is 1. The Bertz CT molecular complexity index is 524. The van der Waals surface area contributed by atoms with Gasteiger partial charge in [-0.1, -0.05) is 6.07 Å². The molecule has 0 radical (unpaired) electrons. The van der Waals surface area contributed by atoms with Gasteiger partial charge in [0.25, 0.3) is 0 Å². The SMILES string of the molecule is O=C(O)c1cccc(-c2nc(CO)cs2)n1. The average Bonchev–Trinajstić information content (AvgIpc) is 2.77. The molecule has 2 N–H and O–H groups in total. The topological polar surface area (TPSA) is 83.3 Å². The molecule has 0 amide bonds. The molecule has 2 heterocycles. The Balaban J connectivity index is 2.40. The molecule has 16 heavy (non-hydrogen) atoms. The van der Waals surface area contributed by atoms with Crippen LogP contribution >= 0.6 is 11.3 Å². The number of nitrogens with zero attached hydrogens (tertiary/aromatic N) is 2. The molecule has 6 heteroatoms. The van der Waals surface area contributed by atoms with Gasteiger partial charge in [-0.15, -0.1) is 11.3 Å². The summed E-state index contributed by atoms with van der Waals surface area (Å²) in [5.41, 5.74) is 1.05. The van der Waals surface area contributed by atoms with Crippen LogP contribution in [-0.4, -0.2) is 26.2 Å². The smallest absolute Gasteiger partial charge is 0.354 e. The molecular formula is C10H8N2O3S. The first-order valence-corrected chi connectivity index (χ1v) is 5.34. The largest absolute Gasteiger partial charge is 0.477 e. The number of hydrogen-bond donors (Lipinski definition) is 2. The lowest BCUT2D eigenvalue weighted by molar-refractivity contribution is 0.0690. The van der Waals surface area contributed by atoms with Crippen molar-refractivity contribution in [3.05, 3.63) is 35.0 Å². The fourth-order valence-electron chi connectivity index (χ4n) is 1.17. The van der Waals surface area contributed by atoms with Crippen LogP contribution in [0.25, 0.3) is 10.7 Å². The lowest BCUT2D eigenvalue weighted by atomic mass is 10.3. The van der Waals surface area contributed by atoms with Gasteiger partial charge in [-0.25, -0.2) is 14.8 Å². The van der Waals surface area contributed by atoms with Gasteiger partial charge in [-0.3, -0.25) is 0 Å². The Morgan fingerprint density at radius 3 is 2.81 bits per heavy atom. The molecule has 0 bridgehead atoms. The van der Waals surface area contributed by atoms with Crippen molar-refractivity contribution in [2.45, 2.75) is 6.61 Å². The molecule has 0 aliphatic heterocycles. The van der Waals surface area contributed by atoms with E-state index >= 15 is 0 Å². The third kappa shape index (κ3) is 2.07. The second-order valence-corrected chi connectivity index (χ2v) is 3.87. The van der Waals surface area contributed by atoms with Crippen LogP contribution in [0, 0.1) is 0 Å². The molecule has 0 aromatic carbocycles. The fourth-order valence-corrected chi connectivity index (χ4v) is 1.95. The van der Waals surface area contributed by atoms with Crippen molar-refractivity contribution in [2.75, 3.05) is 0 Å². The second-order valence-electron chi connectivity index (χ2n) is 3.02. The standard InChI is InChI=1S/C10H8N2O3S/c13-4-6-5-16-9(11-6)7-2-1-3-8(12-7)10(14)15/h1-3,5,13H,4H2,(H,14,15). The number of aromatic nitrogens is 2. The van der Waals surface area contributed by atoms with Crippen molar-refractivity contribution in [1.82, 2.24) is 9.97 Å². The Kier molecular flexibility index (Phi) is 2.93. The molecule has 2 rings (SSSR count). The highest BCUT2D eigenvalue weighted by Gasteiger charge is 2.09. The van der Waals surface area contributed by atoms with Gasteiger partial charge in [0.15, 0.2) is 0 Å². The van der Waals surface area contributed by atoms with Crippen molar-refractivity contribution in [3.63, 3.8) is 0 Å². The third-order valence-corrected chi connectivity index (χ3v) is 2.81. The molecule has 0 saturated carbocycles. The maximum atomic E-state index is 10.7. The summed E-state index contributed by atoms with van der Waals surface area (Å²) in [5, 5.41) is 20.0. The van der Waals surface area contributed by atoms with Gasteiger partial charge in [0, 0.05) is 5.38 Å². The number of carbonyl (C=O) groups is 1. The van der Waals surface area contributed by atoms with E-state index in [1.54, 1.807) is 17.5 Å². The minimum atomic E-state index is -1.07. The van der Waals surface area contributed by atoms with E-state index in [1.165, 1.54) is 17.4 Å². The van der Waals surface area contributed by atoms with Crippen LogP contribution in [0.4, 0.5) is 0 Å². The van der Waals surface area contributed by atoms with Crippen LogP contribution in [0.5, 0.6) is 0 Å². The molecule has 0 spiro atoms. The van der Waals surface area contributed by atoms with Gasteiger partial charge >= 0.3 is 5.97 Å². The van der Waals surface area contributed by atoms with Gasteiger partial charge in [-0.2, -0.15) is 0 Å². The second kappa shape index (κ2) is 4.38. The summed E-state index contributed by atoms with van der Waals surface area (Å²) in [6.07, 6.45) is 0. The molecule has 82 valence electrons. The molecule has 2 aromatic heterocycles. The van der Waals surface area contributed by atoms with Gasteiger partial charge in [0.1, 0.15) is 10.7 Å². The van der Waals surface area contributed by atoms with E-state index in [4.69, 9.17) is 10.2 Å². The summed E-state index contributed by atoms with van der Waals surface area (Å²) < 4.78 is 0. The summed E-state index contributed by atoms with van der Waals surface area (Å²) in [5.74, 6) is -1.07. The van der Waals surface area contributed by atoms with Crippen LogP contribution in [0.15, 0.2) is 23.6 Å². The number of aliphatic hydroxyl groups is 1. The maximum absolute atomic E-state index is 10.7. The van der Waals surface area contributed by atoms with Gasteiger partial charge in [0.2, 0.25) is 0 Å². The fraction of sp³-hybridized carbons (Fsp3) is 0.100. The van der Waals surface area contributed by atoms with Crippen molar-refractivity contribution >= 4 is 17.3 Å². The molecule has 0 atom stereocenters. The first-order valence-electron chi connectivity index (χ1n) is 4.46. The highest BCUT2D eigenvalue weighted by Crippen LogP contribution is 2.21. The van der Waals surface area contributed by atoms with E-state index in [2.05, 4.69) is 9.97 Å². The molecular weight excluding hydrogens is 228 g/mol. The Hall–Kier alpha value is -1.79. The summed E-state index contributed by atoms with van der Waals surface area (Å²) >= 11 is 1.32. The average molecular weight is 236 g/mol. The summed E-state index contributed by atoms with van der Waals surface area (Å²) in [4.78, 5) is 18.8. The van der Waals surface area contributed by atoms with Crippen molar-refractivity contribution in [2.24, 2.45) is 0 Å². The zero-order valence-corrected chi connectivity index (χ0v) is 8.94. The normalized spacial score (nSPS) is 10.3. The molecule has 0 unspecified atom stereocenters. The van der Waals surface area contributed by atoms with E-state index in [1.807, 2.05) is 0 Å². The number of hydrogen-bond acceptors (Lipinski definition) is 5. The van der Waals surface area contributed by atoms with Crippen molar-refractivity contribution < 1.29 is 15.0 Å². The van der Waals surface area contributed by atoms with Crippen molar-refractivity contribution in [1.29, 1.82) is 0 Å². The zero-order chi connectivity index (χ0) is 11.5. The summed E-state index contributed by atoms with van der Waals surface area (Å²) in [6, 6.07) is 4.73. The maximum Gasteiger partial charge on any atom is 0.354 e. The highest BCUT2D eigenvalue weighted by atomic mass is 32.1. The molecule has 0 aliphatic rings. The van der Waals surface area contributed by atoms with E-state index in [-0.39, 0.29) is 12.3 Å². The van der Waals surface area contributed by atoms with E-state index < -0.39 is 5.97 Å². The first-order chi connectivity index (χ1) is 7.70. The minimum Gasteiger partial charge on any atom is -0.477 e. The molecule has 2 aromatic rings. The van der Waals surface area contributed by atoms with Gasteiger partial charge in [-0.05, 0) is 12.1 Å². The lowest BCUT2D eigenvalue weighted by Gasteiger charge is -1.97. The minimum absolute atomic E-state index is 0.0155. The number of carboxylic acid groups (broad SMARTS) is 1. The van der Waals surface area contributed by atoms with E-state index in [0.29, 0.717) is 16.4 Å². The van der Waals surface area contributed by atoms with Gasteiger partial charge in [0.05, 0.1) is 18.0 Å². The highest BCUT2D eigenvalue weighted by molar-refractivity contribution is 7.13. The van der Waals surface area contributed by atoms with E-state index in [0.717, 1.165) is 0 Å². The summed E-state index contributed by atoms with van der Waals surface area (Å²) in [7, 11) is 0. The van der Waals surface area contributed by atoms with E-state index in [9.17, 15) is 4.79 Å². The summed E-state index contributed by atoms with van der Waals surface area (Å²) in [6.45, 7) is -0.130. The van der Waals surface area contributed by atoms with Crippen molar-refractivity contribution in [3.8, 4) is 10.7 Å². The Morgan fingerprint density at radius 1 is 1.38 bits per heavy atom. The number of rotatable bonds is 3. The monoisotopic (exact) mass is 236 g/mol. The van der Waals surface area contributed by atoms with Gasteiger partial charge < -0.3 is 10.2 Å². The molecule has 0 aliphatic carbocycles. The van der Waals surface area contributed by atoms with Crippen LogP contribution < -0.4 is 0 Å². The van der Waals surface area contributed by atoms with Crippen LogP contribution in [0.2, 0.25) is 0 Å². The zero-order valence-electron chi connectivity index (χ0n) is 8.12.